The first-order valence-corrected chi connectivity index (χ1v) is 10.5. The summed E-state index contributed by atoms with van der Waals surface area (Å²) in [4.78, 5) is 4.87. The fourth-order valence-corrected chi connectivity index (χ4v) is 3.64. The van der Waals surface area contributed by atoms with Crippen LogP contribution in [0.4, 0.5) is 0 Å². The molecule has 152 valence electrons. The molecule has 0 saturated carbocycles. The number of nitrogens with one attached hydrogen (secondary N) is 2. The van der Waals surface area contributed by atoms with Crippen LogP contribution in [0.5, 0.6) is 5.75 Å². The van der Waals surface area contributed by atoms with Crippen molar-refractivity contribution in [2.45, 2.75) is 24.9 Å². The average Bonchev–Trinajstić information content (AvgIpc) is 2.70. The number of guanidine groups is 1. The molecule has 2 aromatic rings. The molecule has 0 aliphatic heterocycles. The van der Waals surface area contributed by atoms with Gasteiger partial charge in [0.15, 0.2) is 5.96 Å². The first-order valence-electron chi connectivity index (χ1n) is 9.04. The van der Waals surface area contributed by atoms with Crippen LogP contribution in [0, 0.1) is 0 Å². The van der Waals surface area contributed by atoms with Gasteiger partial charge in [-0.25, -0.2) is 17.7 Å². The van der Waals surface area contributed by atoms with Gasteiger partial charge in [-0.3, -0.25) is 0 Å². The van der Waals surface area contributed by atoms with Gasteiger partial charge in [0.25, 0.3) is 0 Å². The number of nitrogens with zero attached hydrogens (tertiary/aromatic N) is 2. The average molecular weight is 405 g/mol. The van der Waals surface area contributed by atoms with Crippen LogP contribution in [0.1, 0.15) is 18.1 Å². The normalized spacial score (nSPS) is 12.1. The molecule has 2 rings (SSSR count). The quantitative estimate of drug-likeness (QED) is 0.521. The van der Waals surface area contributed by atoms with E-state index in [0.29, 0.717) is 36.1 Å². The summed E-state index contributed by atoms with van der Waals surface area (Å²) in [5, 5.41) is 6.39. The van der Waals surface area contributed by atoms with Gasteiger partial charge in [-0.15, -0.1) is 0 Å². The van der Waals surface area contributed by atoms with E-state index < -0.39 is 10.0 Å². The number of hydrogen-bond acceptors (Lipinski definition) is 4. The molecule has 2 aromatic carbocycles. The summed E-state index contributed by atoms with van der Waals surface area (Å²) in [6.45, 7) is 3.52. The summed E-state index contributed by atoms with van der Waals surface area (Å²) in [5.74, 6) is 1.42. The van der Waals surface area contributed by atoms with Gasteiger partial charge in [0.05, 0.1) is 18.6 Å². The second-order valence-corrected chi connectivity index (χ2v) is 8.41. The topological polar surface area (TPSA) is 83.0 Å². The fourth-order valence-electron chi connectivity index (χ4n) is 2.52. The number of aliphatic imine (C=N–C) groups is 1. The largest absolute Gasteiger partial charge is 0.497 e. The van der Waals surface area contributed by atoms with Crippen molar-refractivity contribution in [1.29, 1.82) is 0 Å². The molecule has 0 amide bonds. The van der Waals surface area contributed by atoms with E-state index in [0.717, 1.165) is 11.3 Å². The van der Waals surface area contributed by atoms with E-state index in [1.54, 1.807) is 25.3 Å². The minimum absolute atomic E-state index is 0.290. The SMILES string of the molecule is CCNC(=NCc1ccc(OC)cc1)NCc1ccccc1S(=O)(=O)N(C)C. The highest BCUT2D eigenvalue weighted by atomic mass is 32.2. The Labute approximate surface area is 167 Å². The third-order valence-electron chi connectivity index (χ3n) is 4.10. The molecule has 0 unspecified atom stereocenters. The van der Waals surface area contributed by atoms with E-state index in [2.05, 4.69) is 15.6 Å². The van der Waals surface area contributed by atoms with Gasteiger partial charge < -0.3 is 15.4 Å². The lowest BCUT2D eigenvalue weighted by atomic mass is 10.2. The maximum atomic E-state index is 12.5. The molecule has 0 radical (unpaired) electrons. The lowest BCUT2D eigenvalue weighted by Gasteiger charge is -2.17. The van der Waals surface area contributed by atoms with Gasteiger partial charge in [-0.05, 0) is 36.2 Å². The van der Waals surface area contributed by atoms with Crippen molar-refractivity contribution < 1.29 is 13.2 Å². The predicted molar refractivity (Wildman–Crippen MR) is 112 cm³/mol. The van der Waals surface area contributed by atoms with Gasteiger partial charge >= 0.3 is 0 Å². The Bertz CT molecular complexity index is 894. The zero-order chi connectivity index (χ0) is 20.6. The first-order chi connectivity index (χ1) is 13.4. The molecular formula is C20H28N4O3S. The van der Waals surface area contributed by atoms with Crippen LogP contribution in [0.15, 0.2) is 58.4 Å². The summed E-state index contributed by atoms with van der Waals surface area (Å²) >= 11 is 0. The molecular weight excluding hydrogens is 376 g/mol. The molecule has 7 nitrogen and oxygen atoms in total. The number of methoxy groups -OCH3 is 1. The van der Waals surface area contributed by atoms with Crippen molar-refractivity contribution in [3.8, 4) is 5.75 Å². The molecule has 0 fully saturated rings. The van der Waals surface area contributed by atoms with Crippen LogP contribution in [-0.4, -0.2) is 46.4 Å². The minimum Gasteiger partial charge on any atom is -0.497 e. The lowest BCUT2D eigenvalue weighted by molar-refractivity contribution is 0.414. The van der Waals surface area contributed by atoms with Gasteiger partial charge in [-0.1, -0.05) is 30.3 Å². The minimum atomic E-state index is -3.51. The molecule has 0 spiro atoms. The van der Waals surface area contributed by atoms with Crippen LogP contribution in [0.25, 0.3) is 0 Å². The standard InChI is InChI=1S/C20H28N4O3S/c1-5-21-20(22-14-16-10-12-18(27-4)13-11-16)23-15-17-8-6-7-9-19(17)28(25,26)24(2)3/h6-13H,5,14-15H2,1-4H3,(H2,21,22,23). The molecule has 2 N–H and O–H groups in total. The fraction of sp³-hybridized carbons (Fsp3) is 0.350. The van der Waals surface area contributed by atoms with Crippen molar-refractivity contribution in [2.75, 3.05) is 27.7 Å². The number of rotatable bonds is 8. The number of benzene rings is 2. The van der Waals surface area contributed by atoms with Crippen molar-refractivity contribution >= 4 is 16.0 Å². The molecule has 0 heterocycles. The zero-order valence-electron chi connectivity index (χ0n) is 16.8. The zero-order valence-corrected chi connectivity index (χ0v) is 17.6. The van der Waals surface area contributed by atoms with E-state index >= 15 is 0 Å². The molecule has 0 atom stereocenters. The molecule has 0 saturated heterocycles. The summed E-state index contributed by atoms with van der Waals surface area (Å²) in [6, 6.07) is 14.7. The molecule has 0 bridgehead atoms. The number of sulfonamides is 1. The molecule has 0 aliphatic rings. The highest BCUT2D eigenvalue weighted by Gasteiger charge is 2.20. The van der Waals surface area contributed by atoms with Crippen molar-refractivity contribution in [1.82, 2.24) is 14.9 Å². The summed E-state index contributed by atoms with van der Waals surface area (Å²) in [7, 11) is 1.18. The lowest BCUT2D eigenvalue weighted by Crippen LogP contribution is -2.37. The Kier molecular flexibility index (Phi) is 7.83. The van der Waals surface area contributed by atoms with Crippen LogP contribution in [0.2, 0.25) is 0 Å². The van der Waals surface area contributed by atoms with E-state index in [9.17, 15) is 8.42 Å². The maximum absolute atomic E-state index is 12.5. The van der Waals surface area contributed by atoms with Gasteiger partial charge in [0.1, 0.15) is 5.75 Å². The van der Waals surface area contributed by atoms with E-state index in [4.69, 9.17) is 4.74 Å². The maximum Gasteiger partial charge on any atom is 0.242 e. The molecule has 0 aromatic heterocycles. The Morgan fingerprint density at radius 3 is 2.36 bits per heavy atom. The van der Waals surface area contributed by atoms with Crippen LogP contribution >= 0.6 is 0 Å². The van der Waals surface area contributed by atoms with E-state index in [1.165, 1.54) is 18.4 Å². The van der Waals surface area contributed by atoms with E-state index in [-0.39, 0.29) is 0 Å². The van der Waals surface area contributed by atoms with Crippen LogP contribution in [0.3, 0.4) is 0 Å². The van der Waals surface area contributed by atoms with Gasteiger partial charge in [-0.2, -0.15) is 0 Å². The van der Waals surface area contributed by atoms with Crippen LogP contribution < -0.4 is 15.4 Å². The second-order valence-electron chi connectivity index (χ2n) is 6.29. The van der Waals surface area contributed by atoms with Gasteiger partial charge in [0.2, 0.25) is 10.0 Å². The second kappa shape index (κ2) is 10.1. The molecule has 8 heteroatoms. The van der Waals surface area contributed by atoms with E-state index in [1.807, 2.05) is 37.3 Å². The number of hydrogen-bond donors (Lipinski definition) is 2. The molecule has 0 aliphatic carbocycles. The van der Waals surface area contributed by atoms with Crippen molar-refractivity contribution in [2.24, 2.45) is 4.99 Å². The highest BCUT2D eigenvalue weighted by molar-refractivity contribution is 7.89. The smallest absolute Gasteiger partial charge is 0.242 e. The summed E-state index contributed by atoms with van der Waals surface area (Å²) in [5.41, 5.74) is 1.74. The predicted octanol–water partition coefficient (Wildman–Crippen LogP) is 2.20. The van der Waals surface area contributed by atoms with Crippen molar-refractivity contribution in [3.63, 3.8) is 0 Å². The Hall–Kier alpha value is -2.58. The summed E-state index contributed by atoms with van der Waals surface area (Å²) in [6.07, 6.45) is 0. The highest BCUT2D eigenvalue weighted by Crippen LogP contribution is 2.18. The Morgan fingerprint density at radius 1 is 1.07 bits per heavy atom. The first kappa shape index (κ1) is 21.7. The number of ether oxygens (including phenoxy) is 1. The third-order valence-corrected chi connectivity index (χ3v) is 6.02. The van der Waals surface area contributed by atoms with Crippen LogP contribution in [-0.2, 0) is 23.1 Å². The Morgan fingerprint density at radius 2 is 1.75 bits per heavy atom. The summed E-state index contributed by atoms with van der Waals surface area (Å²) < 4.78 is 31.4. The molecule has 28 heavy (non-hydrogen) atoms. The van der Waals surface area contributed by atoms with Gasteiger partial charge in [0, 0.05) is 27.2 Å². The monoisotopic (exact) mass is 404 g/mol. The third kappa shape index (κ3) is 5.71. The van der Waals surface area contributed by atoms with Crippen molar-refractivity contribution in [3.05, 3.63) is 59.7 Å². The Balaban J connectivity index is 2.13.